The highest BCUT2D eigenvalue weighted by Crippen LogP contribution is 2.12. The first-order valence-electron chi connectivity index (χ1n) is 4.33. The quantitative estimate of drug-likeness (QED) is 0.616. The van der Waals surface area contributed by atoms with Gasteiger partial charge in [-0.05, 0) is 19.3 Å². The molecule has 66 valence electrons. The smallest absolute Gasteiger partial charge is 0.212 e. The summed E-state index contributed by atoms with van der Waals surface area (Å²) in [5.41, 5.74) is 1.45. The van der Waals surface area contributed by atoms with Crippen LogP contribution in [0.5, 0.6) is 0 Å². The molecule has 0 atom stereocenters. The maximum atomic E-state index is 5.04. The molecule has 1 aliphatic heterocycles. The average molecular weight is 165 g/mol. The van der Waals surface area contributed by atoms with Crippen molar-refractivity contribution in [3.05, 3.63) is 23.6 Å². The van der Waals surface area contributed by atoms with Gasteiger partial charge < -0.3 is 4.74 Å². The summed E-state index contributed by atoms with van der Waals surface area (Å²) in [6.45, 7) is 2.17. The highest BCUT2D eigenvalue weighted by Gasteiger charge is 1.97. The summed E-state index contributed by atoms with van der Waals surface area (Å²) in [7, 11) is 1.64. The molecule has 0 radical (unpaired) electrons. The third kappa shape index (κ3) is 2.53. The predicted molar refractivity (Wildman–Crippen MR) is 51.2 cm³/mol. The molecule has 0 unspecified atom stereocenters. The summed E-state index contributed by atoms with van der Waals surface area (Å²) in [6.07, 6.45) is 9.19. The molecule has 0 aromatic carbocycles. The third-order valence-electron chi connectivity index (χ3n) is 1.94. The summed E-state index contributed by atoms with van der Waals surface area (Å²) in [6, 6.07) is 0. The molecule has 1 aliphatic rings. The van der Waals surface area contributed by atoms with E-state index in [2.05, 4.69) is 18.0 Å². The molecule has 2 nitrogen and oxygen atoms in total. The van der Waals surface area contributed by atoms with Crippen LogP contribution in [0.25, 0.3) is 0 Å². The molecule has 0 saturated heterocycles. The summed E-state index contributed by atoms with van der Waals surface area (Å²) >= 11 is 0. The van der Waals surface area contributed by atoms with Crippen LogP contribution < -0.4 is 0 Å². The van der Waals surface area contributed by atoms with E-state index < -0.39 is 0 Å². The van der Waals surface area contributed by atoms with E-state index in [0.717, 1.165) is 19.3 Å². The van der Waals surface area contributed by atoms with Gasteiger partial charge in [-0.25, -0.2) is 4.99 Å². The molecule has 0 aliphatic carbocycles. The zero-order valence-corrected chi connectivity index (χ0v) is 7.71. The number of ether oxygens (including phenoxy) is 1. The normalized spacial score (nSPS) is 26.2. The molecule has 0 N–H and O–H groups in total. The van der Waals surface area contributed by atoms with Crippen molar-refractivity contribution in [1.82, 2.24) is 0 Å². The Hall–Kier alpha value is -1.05. The van der Waals surface area contributed by atoms with Gasteiger partial charge in [0.1, 0.15) is 0 Å². The second-order valence-corrected chi connectivity index (χ2v) is 2.74. The lowest BCUT2D eigenvalue weighted by Crippen LogP contribution is -1.90. The van der Waals surface area contributed by atoms with E-state index in [1.54, 1.807) is 7.11 Å². The lowest BCUT2D eigenvalue weighted by molar-refractivity contribution is 0.288. The van der Waals surface area contributed by atoms with Crippen molar-refractivity contribution in [2.75, 3.05) is 7.11 Å². The SMILES string of the molecule is CC/C1=C/C=C(/OC)N=CCC1. The summed E-state index contributed by atoms with van der Waals surface area (Å²) in [4.78, 5) is 4.14. The Morgan fingerprint density at radius 2 is 2.33 bits per heavy atom. The van der Waals surface area contributed by atoms with E-state index >= 15 is 0 Å². The van der Waals surface area contributed by atoms with Gasteiger partial charge in [0, 0.05) is 12.3 Å². The van der Waals surface area contributed by atoms with Gasteiger partial charge >= 0.3 is 0 Å². The minimum Gasteiger partial charge on any atom is -0.481 e. The fourth-order valence-corrected chi connectivity index (χ4v) is 1.14. The molecular formula is C10H15NO. The number of hydrogen-bond acceptors (Lipinski definition) is 2. The predicted octanol–water partition coefficient (Wildman–Crippen LogP) is 2.68. The fourth-order valence-electron chi connectivity index (χ4n) is 1.14. The van der Waals surface area contributed by atoms with E-state index in [9.17, 15) is 0 Å². The Bertz CT molecular complexity index is 226. The van der Waals surface area contributed by atoms with E-state index in [-0.39, 0.29) is 0 Å². The van der Waals surface area contributed by atoms with Gasteiger partial charge in [0.25, 0.3) is 0 Å². The van der Waals surface area contributed by atoms with Crippen LogP contribution in [-0.2, 0) is 4.74 Å². The number of aliphatic imine (C=N–C) groups is 1. The van der Waals surface area contributed by atoms with Gasteiger partial charge in [-0.3, -0.25) is 0 Å². The van der Waals surface area contributed by atoms with E-state index in [1.807, 2.05) is 12.3 Å². The monoisotopic (exact) mass is 165 g/mol. The van der Waals surface area contributed by atoms with Crippen molar-refractivity contribution in [2.24, 2.45) is 4.99 Å². The second-order valence-electron chi connectivity index (χ2n) is 2.74. The van der Waals surface area contributed by atoms with Crippen LogP contribution >= 0.6 is 0 Å². The number of nitrogens with zero attached hydrogens (tertiary/aromatic N) is 1. The maximum Gasteiger partial charge on any atom is 0.212 e. The Kier molecular flexibility index (Phi) is 3.58. The van der Waals surface area contributed by atoms with E-state index in [4.69, 9.17) is 4.74 Å². The lowest BCUT2D eigenvalue weighted by Gasteiger charge is -2.04. The molecule has 1 heterocycles. The second kappa shape index (κ2) is 4.75. The van der Waals surface area contributed by atoms with Crippen molar-refractivity contribution in [1.29, 1.82) is 0 Å². The number of rotatable bonds is 2. The highest BCUT2D eigenvalue weighted by molar-refractivity contribution is 5.59. The number of hydrogen-bond donors (Lipinski definition) is 0. The van der Waals surface area contributed by atoms with Gasteiger partial charge in [0.15, 0.2) is 0 Å². The molecule has 0 saturated carbocycles. The zero-order chi connectivity index (χ0) is 8.81. The van der Waals surface area contributed by atoms with Gasteiger partial charge in [0.05, 0.1) is 7.11 Å². The van der Waals surface area contributed by atoms with Crippen LogP contribution in [0.4, 0.5) is 0 Å². The average Bonchev–Trinajstić information content (AvgIpc) is 2.05. The van der Waals surface area contributed by atoms with E-state index in [1.165, 1.54) is 5.57 Å². The Balaban J connectivity index is 2.74. The minimum absolute atomic E-state index is 0.695. The Morgan fingerprint density at radius 3 is 3.00 bits per heavy atom. The number of allylic oxidation sites excluding steroid dienone is 3. The lowest BCUT2D eigenvalue weighted by atomic mass is 10.1. The first kappa shape index (κ1) is 9.04. The van der Waals surface area contributed by atoms with Crippen molar-refractivity contribution in [3.63, 3.8) is 0 Å². The topological polar surface area (TPSA) is 21.6 Å². The van der Waals surface area contributed by atoms with E-state index in [0.29, 0.717) is 5.88 Å². The number of methoxy groups -OCH3 is 1. The van der Waals surface area contributed by atoms with Crippen LogP contribution in [0.3, 0.4) is 0 Å². The van der Waals surface area contributed by atoms with Crippen LogP contribution in [0.2, 0.25) is 0 Å². The van der Waals surface area contributed by atoms with Gasteiger partial charge in [-0.15, -0.1) is 0 Å². The molecule has 2 heteroatoms. The summed E-state index contributed by atoms with van der Waals surface area (Å²) in [5.74, 6) is 0.695. The van der Waals surface area contributed by atoms with Crippen molar-refractivity contribution in [3.8, 4) is 0 Å². The minimum atomic E-state index is 0.695. The highest BCUT2D eigenvalue weighted by atomic mass is 16.5. The van der Waals surface area contributed by atoms with Crippen LogP contribution in [0.15, 0.2) is 28.6 Å². The molecule has 0 aromatic heterocycles. The molecule has 12 heavy (non-hydrogen) atoms. The first-order valence-corrected chi connectivity index (χ1v) is 4.33. The van der Waals surface area contributed by atoms with Crippen molar-refractivity contribution < 1.29 is 4.74 Å². The maximum absolute atomic E-state index is 5.04. The van der Waals surface area contributed by atoms with Crippen LogP contribution in [0.1, 0.15) is 26.2 Å². The molecular weight excluding hydrogens is 150 g/mol. The molecule has 0 spiro atoms. The third-order valence-corrected chi connectivity index (χ3v) is 1.94. The molecule has 0 aromatic rings. The van der Waals surface area contributed by atoms with Crippen molar-refractivity contribution >= 4 is 6.21 Å². The van der Waals surface area contributed by atoms with Gasteiger partial charge in [-0.2, -0.15) is 0 Å². The Morgan fingerprint density at radius 1 is 1.50 bits per heavy atom. The van der Waals surface area contributed by atoms with Gasteiger partial charge in [0.2, 0.25) is 5.88 Å². The largest absolute Gasteiger partial charge is 0.481 e. The molecule has 1 rings (SSSR count). The Labute approximate surface area is 73.6 Å². The molecule has 0 amide bonds. The first-order chi connectivity index (χ1) is 5.86. The molecule has 0 bridgehead atoms. The van der Waals surface area contributed by atoms with Crippen LogP contribution in [0, 0.1) is 0 Å². The van der Waals surface area contributed by atoms with Crippen LogP contribution in [-0.4, -0.2) is 13.3 Å². The molecule has 0 fully saturated rings. The summed E-state index contributed by atoms with van der Waals surface area (Å²) in [5, 5.41) is 0. The van der Waals surface area contributed by atoms with Gasteiger partial charge in [-0.1, -0.05) is 18.6 Å². The summed E-state index contributed by atoms with van der Waals surface area (Å²) < 4.78 is 5.04. The van der Waals surface area contributed by atoms with Crippen molar-refractivity contribution in [2.45, 2.75) is 26.2 Å². The standard InChI is InChI=1S/C10H15NO/c1-3-9-5-4-8-11-10(12-2)7-6-9/h6-8H,3-5H2,1-2H3/b9-6-,10-7+,11-8?. The fraction of sp³-hybridized carbons (Fsp3) is 0.500. The zero-order valence-electron chi connectivity index (χ0n) is 7.71.